The lowest BCUT2D eigenvalue weighted by Gasteiger charge is -2.06. The van der Waals surface area contributed by atoms with E-state index in [9.17, 15) is 8.42 Å². The van der Waals surface area contributed by atoms with Crippen LogP contribution in [0.15, 0.2) is 23.1 Å². The first-order valence-electron chi connectivity index (χ1n) is 3.45. The predicted octanol–water partition coefficient (Wildman–Crippen LogP) is 1.03. The van der Waals surface area contributed by atoms with E-state index in [0.717, 1.165) is 0 Å². The highest BCUT2D eigenvalue weighted by Gasteiger charge is 2.12. The van der Waals surface area contributed by atoms with E-state index in [4.69, 9.17) is 16.7 Å². The Kier molecular flexibility index (Phi) is 2.80. The summed E-state index contributed by atoms with van der Waals surface area (Å²) < 4.78 is 22.0. The van der Waals surface area contributed by atoms with Crippen molar-refractivity contribution in [1.29, 1.82) is 0 Å². The van der Waals surface area contributed by atoms with Gasteiger partial charge in [0.25, 0.3) is 0 Å². The fraction of sp³-hybridized carbons (Fsp3) is 0.143. The predicted molar refractivity (Wildman–Crippen MR) is 52.4 cm³/mol. The maximum atomic E-state index is 11.0. The minimum Gasteiger partial charge on any atom is -0.387 e. The zero-order valence-corrected chi connectivity index (χ0v) is 8.48. The Hall–Kier alpha value is -0.780. The minimum absolute atomic E-state index is 0.0411. The molecular weight excluding hydrogens is 212 g/mol. The Morgan fingerprint density at radius 2 is 2.08 bits per heavy atom. The van der Waals surface area contributed by atoms with Crippen molar-refractivity contribution in [1.82, 2.24) is 0 Å². The van der Waals surface area contributed by atoms with Gasteiger partial charge in [0.1, 0.15) is 4.90 Å². The summed E-state index contributed by atoms with van der Waals surface area (Å²) in [6, 6.07) is 4.34. The largest absolute Gasteiger partial charge is 0.387 e. The number of hydrogen-bond donors (Lipinski definition) is 2. The van der Waals surface area contributed by atoms with Gasteiger partial charge < -0.3 is 5.32 Å². The van der Waals surface area contributed by atoms with E-state index in [1.165, 1.54) is 18.2 Å². The number of halogens is 1. The molecule has 1 aromatic carbocycles. The number of primary sulfonamides is 1. The molecule has 72 valence electrons. The van der Waals surface area contributed by atoms with Gasteiger partial charge in [0, 0.05) is 12.1 Å². The van der Waals surface area contributed by atoms with Crippen LogP contribution in [-0.4, -0.2) is 15.5 Å². The van der Waals surface area contributed by atoms with Gasteiger partial charge in [-0.25, -0.2) is 13.6 Å². The lowest BCUT2D eigenvalue weighted by Crippen LogP contribution is -2.14. The lowest BCUT2D eigenvalue weighted by molar-refractivity contribution is 0.598. The van der Waals surface area contributed by atoms with Crippen LogP contribution in [0, 0.1) is 0 Å². The van der Waals surface area contributed by atoms with Gasteiger partial charge in [-0.05, 0) is 18.2 Å². The van der Waals surface area contributed by atoms with E-state index in [1.807, 2.05) is 0 Å². The van der Waals surface area contributed by atoms with Crippen molar-refractivity contribution in [3.63, 3.8) is 0 Å². The first-order valence-corrected chi connectivity index (χ1v) is 5.37. The molecule has 0 aliphatic carbocycles. The van der Waals surface area contributed by atoms with E-state index in [2.05, 4.69) is 5.32 Å². The maximum Gasteiger partial charge on any atom is 0.240 e. The first kappa shape index (κ1) is 10.3. The second kappa shape index (κ2) is 3.53. The summed E-state index contributed by atoms with van der Waals surface area (Å²) in [4.78, 5) is 0.0411. The molecule has 0 heterocycles. The zero-order chi connectivity index (χ0) is 10.1. The standard InChI is InChI=1S/C7H9ClN2O2S/c1-10-6-4-5(8)2-3-7(6)13(9,11)12/h2-4,10H,1H3,(H2,9,11,12). The van der Waals surface area contributed by atoms with Crippen molar-refractivity contribution in [3.8, 4) is 0 Å². The van der Waals surface area contributed by atoms with E-state index in [-0.39, 0.29) is 4.90 Å². The van der Waals surface area contributed by atoms with Crippen molar-refractivity contribution < 1.29 is 8.42 Å². The molecule has 0 unspecified atom stereocenters. The zero-order valence-electron chi connectivity index (χ0n) is 6.91. The third-order valence-electron chi connectivity index (χ3n) is 1.52. The summed E-state index contributed by atoms with van der Waals surface area (Å²) in [6.07, 6.45) is 0. The smallest absolute Gasteiger partial charge is 0.240 e. The van der Waals surface area contributed by atoms with Crippen LogP contribution in [0.25, 0.3) is 0 Å². The number of nitrogens with two attached hydrogens (primary N) is 1. The van der Waals surface area contributed by atoms with Crippen molar-refractivity contribution >= 4 is 27.3 Å². The lowest BCUT2D eigenvalue weighted by atomic mass is 10.3. The molecule has 13 heavy (non-hydrogen) atoms. The second-order valence-electron chi connectivity index (χ2n) is 2.44. The quantitative estimate of drug-likeness (QED) is 0.782. The SMILES string of the molecule is CNc1cc(Cl)ccc1S(N)(=O)=O. The Morgan fingerprint density at radius 1 is 1.46 bits per heavy atom. The number of sulfonamides is 1. The molecule has 1 aromatic rings. The molecule has 4 nitrogen and oxygen atoms in total. The highest BCUT2D eigenvalue weighted by Crippen LogP contribution is 2.23. The van der Waals surface area contributed by atoms with Crippen LogP contribution < -0.4 is 10.5 Å². The van der Waals surface area contributed by atoms with Crippen LogP contribution in [0.1, 0.15) is 0 Å². The number of nitrogens with one attached hydrogen (secondary N) is 1. The summed E-state index contributed by atoms with van der Waals surface area (Å²) in [6.45, 7) is 0. The van der Waals surface area contributed by atoms with Gasteiger partial charge in [0.15, 0.2) is 0 Å². The van der Waals surface area contributed by atoms with Crippen molar-refractivity contribution in [2.75, 3.05) is 12.4 Å². The number of benzene rings is 1. The molecule has 1 rings (SSSR count). The molecule has 0 aromatic heterocycles. The molecule has 6 heteroatoms. The Morgan fingerprint density at radius 3 is 2.54 bits per heavy atom. The summed E-state index contributed by atoms with van der Waals surface area (Å²) in [5, 5.41) is 8.13. The van der Waals surface area contributed by atoms with Crippen LogP contribution in [0.3, 0.4) is 0 Å². The molecule has 0 aliphatic heterocycles. The van der Waals surface area contributed by atoms with Gasteiger partial charge in [-0.3, -0.25) is 0 Å². The fourth-order valence-corrected chi connectivity index (χ4v) is 1.84. The van der Waals surface area contributed by atoms with Gasteiger partial charge in [0.05, 0.1) is 5.69 Å². The average Bonchev–Trinajstić information content (AvgIpc) is 2.01. The molecule has 0 radical (unpaired) electrons. The molecule has 0 spiro atoms. The molecule has 0 atom stereocenters. The maximum absolute atomic E-state index is 11.0. The first-order chi connectivity index (χ1) is 5.95. The number of anilines is 1. The molecule has 3 N–H and O–H groups in total. The Bertz CT molecular complexity index is 417. The second-order valence-corrected chi connectivity index (χ2v) is 4.40. The third kappa shape index (κ3) is 2.33. The molecule has 0 bridgehead atoms. The number of hydrogen-bond acceptors (Lipinski definition) is 3. The third-order valence-corrected chi connectivity index (χ3v) is 2.72. The van der Waals surface area contributed by atoms with Crippen LogP contribution in [0.5, 0.6) is 0 Å². The van der Waals surface area contributed by atoms with E-state index in [1.54, 1.807) is 7.05 Å². The van der Waals surface area contributed by atoms with E-state index in [0.29, 0.717) is 10.7 Å². The minimum atomic E-state index is -3.68. The summed E-state index contributed by atoms with van der Waals surface area (Å²) in [5.41, 5.74) is 0.398. The van der Waals surface area contributed by atoms with Crippen LogP contribution in [-0.2, 0) is 10.0 Å². The Labute approximate surface area is 81.8 Å². The molecular formula is C7H9ClN2O2S. The molecule has 0 amide bonds. The summed E-state index contributed by atoms with van der Waals surface area (Å²) in [5.74, 6) is 0. The van der Waals surface area contributed by atoms with E-state index >= 15 is 0 Å². The molecule has 0 saturated heterocycles. The molecule has 0 aliphatic rings. The normalized spacial score (nSPS) is 11.3. The average molecular weight is 221 g/mol. The van der Waals surface area contributed by atoms with Crippen molar-refractivity contribution in [3.05, 3.63) is 23.2 Å². The fourth-order valence-electron chi connectivity index (χ4n) is 0.946. The molecule has 0 fully saturated rings. The van der Waals surface area contributed by atoms with Gasteiger partial charge >= 0.3 is 0 Å². The molecule has 0 saturated carbocycles. The Balaban J connectivity index is 3.39. The van der Waals surface area contributed by atoms with Crippen LogP contribution in [0.2, 0.25) is 5.02 Å². The van der Waals surface area contributed by atoms with Crippen molar-refractivity contribution in [2.45, 2.75) is 4.90 Å². The van der Waals surface area contributed by atoms with Gasteiger partial charge in [-0.15, -0.1) is 0 Å². The summed E-state index contributed by atoms with van der Waals surface area (Å²) in [7, 11) is -2.09. The van der Waals surface area contributed by atoms with Crippen LogP contribution >= 0.6 is 11.6 Å². The highest BCUT2D eigenvalue weighted by molar-refractivity contribution is 7.89. The number of rotatable bonds is 2. The van der Waals surface area contributed by atoms with Crippen LogP contribution in [0.4, 0.5) is 5.69 Å². The van der Waals surface area contributed by atoms with Crippen molar-refractivity contribution in [2.24, 2.45) is 5.14 Å². The topological polar surface area (TPSA) is 72.2 Å². The summed E-state index contributed by atoms with van der Waals surface area (Å²) >= 11 is 5.67. The van der Waals surface area contributed by atoms with Gasteiger partial charge in [0.2, 0.25) is 10.0 Å². The van der Waals surface area contributed by atoms with E-state index < -0.39 is 10.0 Å². The van der Waals surface area contributed by atoms with Gasteiger partial charge in [-0.2, -0.15) is 0 Å². The highest BCUT2D eigenvalue weighted by atomic mass is 35.5. The van der Waals surface area contributed by atoms with Gasteiger partial charge in [-0.1, -0.05) is 11.6 Å². The monoisotopic (exact) mass is 220 g/mol.